The van der Waals surface area contributed by atoms with Gasteiger partial charge in [-0.3, -0.25) is 9.78 Å². The van der Waals surface area contributed by atoms with Gasteiger partial charge in [-0.2, -0.15) is 0 Å². The molecule has 0 spiro atoms. The topological polar surface area (TPSA) is 97.3 Å². The molecule has 0 unspecified atom stereocenters. The van der Waals surface area contributed by atoms with Crippen molar-refractivity contribution in [1.82, 2.24) is 19.9 Å². The molecule has 168 valence electrons. The fourth-order valence-electron chi connectivity index (χ4n) is 3.55. The van der Waals surface area contributed by atoms with Gasteiger partial charge in [-0.15, -0.1) is 11.3 Å². The summed E-state index contributed by atoms with van der Waals surface area (Å²) in [5.74, 6) is 0.465. The van der Waals surface area contributed by atoms with Crippen LogP contribution in [0.3, 0.4) is 0 Å². The van der Waals surface area contributed by atoms with Gasteiger partial charge in [0.1, 0.15) is 11.3 Å². The number of amides is 1. The van der Waals surface area contributed by atoms with Crippen LogP contribution in [0.5, 0.6) is 0 Å². The zero-order valence-corrected chi connectivity index (χ0v) is 19.5. The molecule has 32 heavy (non-hydrogen) atoms. The Bertz CT molecular complexity index is 1120. The van der Waals surface area contributed by atoms with Gasteiger partial charge in [0.25, 0.3) is 0 Å². The predicted molar refractivity (Wildman–Crippen MR) is 124 cm³/mol. The lowest BCUT2D eigenvalue weighted by molar-refractivity contribution is -0.00174. The van der Waals surface area contributed by atoms with Crippen molar-refractivity contribution in [2.24, 2.45) is 5.92 Å². The van der Waals surface area contributed by atoms with E-state index in [1.807, 2.05) is 57.3 Å². The number of hydrogen-bond acceptors (Lipinski definition) is 8. The van der Waals surface area contributed by atoms with Crippen molar-refractivity contribution in [2.75, 3.05) is 18.4 Å². The van der Waals surface area contributed by atoms with E-state index in [9.17, 15) is 9.59 Å². The Morgan fingerprint density at radius 2 is 2.03 bits per heavy atom. The van der Waals surface area contributed by atoms with Gasteiger partial charge in [0.05, 0.1) is 22.0 Å². The maximum absolute atomic E-state index is 13.1. The minimum atomic E-state index is -0.528. The Morgan fingerprint density at radius 3 is 2.72 bits per heavy atom. The second-order valence-electron chi connectivity index (χ2n) is 9.03. The lowest BCUT2D eigenvalue weighted by Crippen LogP contribution is -2.52. The lowest BCUT2D eigenvalue weighted by atomic mass is 9.93. The highest BCUT2D eigenvalue weighted by molar-refractivity contribution is 7.17. The number of carbonyl (C=O) groups is 2. The molecule has 3 aromatic rings. The number of ketones is 1. The SMILES string of the molecule is C[C@H](Nc1nc(C(=O)CC2CN(C(=O)OC(C)(C)C)C2)c2sccc2n1)c1ccccn1. The average Bonchev–Trinajstić information content (AvgIpc) is 3.17. The Hall–Kier alpha value is -3.07. The lowest BCUT2D eigenvalue weighted by Gasteiger charge is -2.39. The van der Waals surface area contributed by atoms with Crippen LogP contribution in [0.25, 0.3) is 10.2 Å². The summed E-state index contributed by atoms with van der Waals surface area (Å²) >= 11 is 1.46. The molecule has 9 heteroatoms. The molecule has 1 fully saturated rings. The number of carbonyl (C=O) groups excluding carboxylic acids is 2. The summed E-state index contributed by atoms with van der Waals surface area (Å²) in [6, 6.07) is 7.51. The number of hydrogen-bond donors (Lipinski definition) is 1. The number of aromatic nitrogens is 3. The second kappa shape index (κ2) is 8.82. The molecular formula is C23H27N5O3S. The number of rotatable bonds is 6. The Kier molecular flexibility index (Phi) is 6.10. The number of anilines is 1. The van der Waals surface area contributed by atoms with Crippen molar-refractivity contribution < 1.29 is 14.3 Å². The van der Waals surface area contributed by atoms with Crippen LogP contribution in [0, 0.1) is 5.92 Å². The summed E-state index contributed by atoms with van der Waals surface area (Å²) in [6.07, 6.45) is 1.74. The molecule has 3 aromatic heterocycles. The van der Waals surface area contributed by atoms with Gasteiger partial charge in [0, 0.05) is 31.6 Å². The first-order valence-electron chi connectivity index (χ1n) is 10.6. The maximum Gasteiger partial charge on any atom is 0.410 e. The van der Waals surface area contributed by atoms with Crippen LogP contribution in [0.4, 0.5) is 10.7 Å². The summed E-state index contributed by atoms with van der Waals surface area (Å²) in [6.45, 7) is 8.53. The molecule has 4 heterocycles. The van der Waals surface area contributed by atoms with Gasteiger partial charge in [-0.05, 0) is 51.3 Å². The first-order chi connectivity index (χ1) is 15.2. The molecule has 8 nitrogen and oxygen atoms in total. The summed E-state index contributed by atoms with van der Waals surface area (Å²) in [5, 5.41) is 5.17. The number of nitrogens with zero attached hydrogens (tertiary/aromatic N) is 4. The van der Waals surface area contributed by atoms with Crippen LogP contribution in [0.2, 0.25) is 0 Å². The number of nitrogens with one attached hydrogen (secondary N) is 1. The molecule has 0 radical (unpaired) electrons. The van der Waals surface area contributed by atoms with E-state index in [1.165, 1.54) is 11.3 Å². The van der Waals surface area contributed by atoms with Crippen LogP contribution in [0.1, 0.15) is 56.3 Å². The van der Waals surface area contributed by atoms with Gasteiger partial charge in [0.2, 0.25) is 5.95 Å². The number of pyridine rings is 1. The molecule has 1 amide bonds. The number of fused-ring (bicyclic) bond motifs is 1. The van der Waals surface area contributed by atoms with Crippen LogP contribution < -0.4 is 5.32 Å². The molecule has 0 aliphatic carbocycles. The molecule has 0 bridgehead atoms. The molecule has 1 saturated heterocycles. The Labute approximate surface area is 191 Å². The van der Waals surface area contributed by atoms with E-state index in [2.05, 4.69) is 20.3 Å². The number of thiophene rings is 1. The molecule has 1 N–H and O–H groups in total. The second-order valence-corrected chi connectivity index (χ2v) is 9.95. The van der Waals surface area contributed by atoms with Crippen LogP contribution in [0.15, 0.2) is 35.8 Å². The third kappa shape index (κ3) is 5.04. The van der Waals surface area contributed by atoms with Crippen molar-refractivity contribution >= 4 is 39.4 Å². The minimum Gasteiger partial charge on any atom is -0.444 e. The number of ether oxygens (including phenoxy) is 1. The van der Waals surface area contributed by atoms with E-state index < -0.39 is 5.60 Å². The quantitative estimate of drug-likeness (QED) is 0.540. The van der Waals surface area contributed by atoms with Crippen molar-refractivity contribution in [3.05, 3.63) is 47.2 Å². The Morgan fingerprint density at radius 1 is 1.25 bits per heavy atom. The van der Waals surface area contributed by atoms with E-state index in [0.29, 0.717) is 31.2 Å². The molecular weight excluding hydrogens is 426 g/mol. The molecule has 4 rings (SSSR count). The third-order valence-electron chi connectivity index (χ3n) is 5.13. The first-order valence-corrected chi connectivity index (χ1v) is 11.5. The van der Waals surface area contributed by atoms with Crippen LogP contribution in [-0.4, -0.2) is 50.4 Å². The zero-order chi connectivity index (χ0) is 22.9. The van der Waals surface area contributed by atoms with E-state index in [1.54, 1.807) is 11.1 Å². The van der Waals surface area contributed by atoms with E-state index in [4.69, 9.17) is 4.74 Å². The van der Waals surface area contributed by atoms with E-state index in [-0.39, 0.29) is 23.8 Å². The van der Waals surface area contributed by atoms with Gasteiger partial charge >= 0.3 is 6.09 Å². The normalized spacial score (nSPS) is 15.3. The molecule has 1 aliphatic heterocycles. The highest BCUT2D eigenvalue weighted by atomic mass is 32.1. The minimum absolute atomic E-state index is 0.0396. The standard InChI is InChI=1S/C23H27N5O3S/c1-14(16-7-5-6-9-24-16)25-21-26-17-8-10-32-20(17)19(27-21)18(29)11-15-12-28(13-15)22(30)31-23(2,3)4/h5-10,14-15H,11-13H2,1-4H3,(H,25,26,27)/t14-/m0/s1. The van der Waals surface area contributed by atoms with Crippen molar-refractivity contribution in [3.8, 4) is 0 Å². The van der Waals surface area contributed by atoms with Crippen molar-refractivity contribution in [1.29, 1.82) is 0 Å². The summed E-state index contributed by atoms with van der Waals surface area (Å²) in [7, 11) is 0. The highest BCUT2D eigenvalue weighted by Crippen LogP contribution is 2.29. The fraction of sp³-hybridized carbons (Fsp3) is 0.435. The van der Waals surface area contributed by atoms with E-state index >= 15 is 0 Å². The molecule has 1 atom stereocenters. The summed E-state index contributed by atoms with van der Waals surface area (Å²) in [4.78, 5) is 40.4. The van der Waals surface area contributed by atoms with E-state index in [0.717, 1.165) is 15.9 Å². The largest absolute Gasteiger partial charge is 0.444 e. The van der Waals surface area contributed by atoms with Gasteiger partial charge in [0.15, 0.2) is 5.78 Å². The number of likely N-dealkylation sites (tertiary alicyclic amines) is 1. The molecule has 0 aromatic carbocycles. The number of Topliss-reactive ketones (excluding diaryl/α,β-unsaturated/α-hetero) is 1. The average molecular weight is 454 g/mol. The molecule has 1 aliphatic rings. The summed E-state index contributed by atoms with van der Waals surface area (Å²) < 4.78 is 6.17. The highest BCUT2D eigenvalue weighted by Gasteiger charge is 2.35. The summed E-state index contributed by atoms with van der Waals surface area (Å²) in [5.41, 5.74) is 1.51. The fourth-order valence-corrected chi connectivity index (χ4v) is 4.39. The Balaban J connectivity index is 1.44. The van der Waals surface area contributed by atoms with Gasteiger partial charge < -0.3 is 15.0 Å². The first kappa shape index (κ1) is 22.1. The van der Waals surface area contributed by atoms with Crippen molar-refractivity contribution in [3.63, 3.8) is 0 Å². The maximum atomic E-state index is 13.1. The van der Waals surface area contributed by atoms with Crippen LogP contribution in [-0.2, 0) is 4.74 Å². The van der Waals surface area contributed by atoms with Gasteiger partial charge in [-0.1, -0.05) is 6.07 Å². The van der Waals surface area contributed by atoms with Crippen molar-refractivity contribution in [2.45, 2.75) is 45.8 Å². The molecule has 0 saturated carbocycles. The third-order valence-corrected chi connectivity index (χ3v) is 6.04. The van der Waals surface area contributed by atoms with Crippen LogP contribution >= 0.6 is 11.3 Å². The monoisotopic (exact) mass is 453 g/mol. The van der Waals surface area contributed by atoms with Gasteiger partial charge in [-0.25, -0.2) is 14.8 Å². The smallest absolute Gasteiger partial charge is 0.410 e. The predicted octanol–water partition coefficient (Wildman–Crippen LogP) is 4.70. The zero-order valence-electron chi connectivity index (χ0n) is 18.7.